The topological polar surface area (TPSA) is 75.1 Å². The molecule has 0 radical (unpaired) electrons. The molecule has 2 aromatic carbocycles. The first-order chi connectivity index (χ1) is 13.8. The van der Waals surface area contributed by atoms with Crippen molar-refractivity contribution in [3.63, 3.8) is 0 Å². The third-order valence-electron chi connectivity index (χ3n) is 3.97. The van der Waals surface area contributed by atoms with Crippen LogP contribution in [0.4, 0.5) is 24.7 Å². The Kier molecular flexibility index (Phi) is 5.63. The van der Waals surface area contributed by atoms with Crippen LogP contribution < -0.4 is 5.32 Å². The molecule has 0 saturated carbocycles. The van der Waals surface area contributed by atoms with E-state index in [1.54, 1.807) is 37.3 Å². The Morgan fingerprint density at radius 2 is 1.69 bits per heavy atom. The van der Waals surface area contributed by atoms with E-state index in [4.69, 9.17) is 5.11 Å². The maximum atomic E-state index is 13.7. The third kappa shape index (κ3) is 4.60. The molecule has 1 heterocycles. The van der Waals surface area contributed by atoms with Crippen LogP contribution in [0.15, 0.2) is 60.7 Å². The predicted molar refractivity (Wildman–Crippen MR) is 104 cm³/mol. The van der Waals surface area contributed by atoms with Crippen molar-refractivity contribution in [3.05, 3.63) is 77.5 Å². The number of carbonyl (C=O) groups is 1. The largest absolute Gasteiger partial charge is 0.478 e. The number of nitrogens with zero attached hydrogens (tertiary/aromatic N) is 2. The predicted octanol–water partition coefficient (Wildman–Crippen LogP) is 5.64. The molecule has 2 N–H and O–H groups in total. The van der Waals surface area contributed by atoms with E-state index >= 15 is 0 Å². The lowest BCUT2D eigenvalue weighted by Crippen LogP contribution is -2.14. The number of halogens is 3. The highest BCUT2D eigenvalue weighted by Gasteiger charge is 2.37. The summed E-state index contributed by atoms with van der Waals surface area (Å²) in [7, 11) is 0. The summed E-state index contributed by atoms with van der Waals surface area (Å²) in [6.45, 7) is 1.59. The van der Waals surface area contributed by atoms with Gasteiger partial charge in [0.05, 0.1) is 5.56 Å². The van der Waals surface area contributed by atoms with Gasteiger partial charge in [-0.1, -0.05) is 42.5 Å². The fourth-order valence-corrected chi connectivity index (χ4v) is 2.65. The highest BCUT2D eigenvalue weighted by Crippen LogP contribution is 2.36. The maximum Gasteiger partial charge on any atom is 0.434 e. The second-order valence-electron chi connectivity index (χ2n) is 6.03. The van der Waals surface area contributed by atoms with Gasteiger partial charge in [-0.25, -0.2) is 14.8 Å². The fraction of sp³-hybridized carbons (Fsp3) is 0.0952. The third-order valence-corrected chi connectivity index (χ3v) is 3.97. The van der Waals surface area contributed by atoms with Crippen LogP contribution in [-0.4, -0.2) is 21.0 Å². The molecule has 0 spiro atoms. The van der Waals surface area contributed by atoms with E-state index in [0.717, 1.165) is 0 Å². The lowest BCUT2D eigenvalue weighted by atomic mass is 10.1. The SMILES string of the molecule is CC=Cc1c(Nc2ccc(C(=O)O)cc2)nc(-c2ccccc2)nc1C(F)(F)F. The van der Waals surface area contributed by atoms with Gasteiger partial charge < -0.3 is 10.4 Å². The first kappa shape index (κ1) is 20.1. The molecule has 0 bridgehead atoms. The minimum absolute atomic E-state index is 0.0349. The maximum absolute atomic E-state index is 13.7. The van der Waals surface area contributed by atoms with Crippen molar-refractivity contribution >= 4 is 23.6 Å². The lowest BCUT2D eigenvalue weighted by molar-refractivity contribution is -0.141. The minimum Gasteiger partial charge on any atom is -0.478 e. The second kappa shape index (κ2) is 8.14. The van der Waals surface area contributed by atoms with Crippen LogP contribution in [-0.2, 0) is 6.18 Å². The number of allylic oxidation sites excluding steroid dienone is 1. The number of hydrogen-bond donors (Lipinski definition) is 2. The zero-order valence-electron chi connectivity index (χ0n) is 15.2. The number of aromatic carboxylic acids is 1. The Morgan fingerprint density at radius 3 is 2.24 bits per heavy atom. The van der Waals surface area contributed by atoms with Crippen LogP contribution in [0.5, 0.6) is 0 Å². The van der Waals surface area contributed by atoms with Gasteiger partial charge in [-0.2, -0.15) is 13.2 Å². The molecule has 5 nitrogen and oxygen atoms in total. The summed E-state index contributed by atoms with van der Waals surface area (Å²) >= 11 is 0. The Morgan fingerprint density at radius 1 is 1.03 bits per heavy atom. The first-order valence-corrected chi connectivity index (χ1v) is 8.57. The zero-order chi connectivity index (χ0) is 21.0. The van der Waals surface area contributed by atoms with Crippen molar-refractivity contribution in [1.82, 2.24) is 9.97 Å². The highest BCUT2D eigenvalue weighted by molar-refractivity contribution is 5.88. The molecular formula is C21H16F3N3O2. The molecule has 0 aliphatic rings. The summed E-state index contributed by atoms with van der Waals surface area (Å²) in [6.07, 6.45) is -1.94. The number of hydrogen-bond acceptors (Lipinski definition) is 4. The first-order valence-electron chi connectivity index (χ1n) is 8.57. The quantitative estimate of drug-likeness (QED) is 0.581. The number of anilines is 2. The van der Waals surface area contributed by atoms with Gasteiger partial charge in [0.15, 0.2) is 11.5 Å². The van der Waals surface area contributed by atoms with E-state index in [1.807, 2.05) is 0 Å². The molecule has 3 aromatic rings. The fourth-order valence-electron chi connectivity index (χ4n) is 2.65. The van der Waals surface area contributed by atoms with E-state index in [9.17, 15) is 18.0 Å². The van der Waals surface area contributed by atoms with Crippen LogP contribution in [0.2, 0.25) is 0 Å². The molecule has 0 fully saturated rings. The molecule has 29 heavy (non-hydrogen) atoms. The van der Waals surface area contributed by atoms with Gasteiger partial charge in [-0.15, -0.1) is 0 Å². The molecule has 0 amide bonds. The lowest BCUT2D eigenvalue weighted by Gasteiger charge is -2.16. The summed E-state index contributed by atoms with van der Waals surface area (Å²) in [5.74, 6) is -1.21. The average Bonchev–Trinajstić information content (AvgIpc) is 2.69. The Hall–Kier alpha value is -3.68. The van der Waals surface area contributed by atoms with Gasteiger partial charge in [0, 0.05) is 16.8 Å². The number of carboxylic acid groups (broad SMARTS) is 1. The smallest absolute Gasteiger partial charge is 0.434 e. The van der Waals surface area contributed by atoms with Gasteiger partial charge >= 0.3 is 12.1 Å². The van der Waals surface area contributed by atoms with Crippen molar-refractivity contribution in [1.29, 1.82) is 0 Å². The molecule has 0 saturated heterocycles. The summed E-state index contributed by atoms with van der Waals surface area (Å²) in [5.41, 5.74) is -0.370. The number of aromatic nitrogens is 2. The van der Waals surface area contributed by atoms with Gasteiger partial charge in [0.1, 0.15) is 5.82 Å². The second-order valence-corrected chi connectivity index (χ2v) is 6.03. The Balaban J connectivity index is 2.15. The normalized spacial score (nSPS) is 11.6. The van der Waals surface area contributed by atoms with E-state index in [-0.39, 0.29) is 22.8 Å². The van der Waals surface area contributed by atoms with E-state index in [1.165, 1.54) is 36.4 Å². The number of rotatable bonds is 5. The summed E-state index contributed by atoms with van der Waals surface area (Å²) in [5, 5.41) is 11.8. The summed E-state index contributed by atoms with van der Waals surface area (Å²) in [6, 6.07) is 14.0. The van der Waals surface area contributed by atoms with Crippen molar-refractivity contribution in [2.24, 2.45) is 0 Å². The van der Waals surface area contributed by atoms with Crippen LogP contribution in [0.1, 0.15) is 28.5 Å². The van der Waals surface area contributed by atoms with E-state index in [0.29, 0.717) is 11.3 Å². The Labute approximate surface area is 164 Å². The van der Waals surface area contributed by atoms with Crippen LogP contribution >= 0.6 is 0 Å². The monoisotopic (exact) mass is 399 g/mol. The van der Waals surface area contributed by atoms with E-state index < -0.39 is 17.8 Å². The summed E-state index contributed by atoms with van der Waals surface area (Å²) in [4.78, 5) is 19.1. The molecule has 0 aliphatic heterocycles. The standard InChI is InChI=1S/C21H16F3N3O2/c1-2-6-16-17(21(22,23)24)26-18(13-7-4-3-5-8-13)27-19(16)25-15-11-9-14(10-12-15)20(28)29/h2-12H,1H3,(H,28,29)(H,25,26,27). The highest BCUT2D eigenvalue weighted by atomic mass is 19.4. The number of nitrogens with one attached hydrogen (secondary N) is 1. The van der Waals surface area contributed by atoms with Gasteiger partial charge in [0.2, 0.25) is 0 Å². The molecule has 0 aliphatic carbocycles. The van der Waals surface area contributed by atoms with Gasteiger partial charge in [0.25, 0.3) is 0 Å². The van der Waals surface area contributed by atoms with Crippen LogP contribution in [0, 0.1) is 0 Å². The Bertz CT molecular complexity index is 1050. The van der Waals surface area contributed by atoms with Crippen LogP contribution in [0.25, 0.3) is 17.5 Å². The zero-order valence-corrected chi connectivity index (χ0v) is 15.2. The van der Waals surface area contributed by atoms with Crippen molar-refractivity contribution < 1.29 is 23.1 Å². The molecule has 3 rings (SSSR count). The molecule has 8 heteroatoms. The number of benzene rings is 2. The van der Waals surface area contributed by atoms with Crippen molar-refractivity contribution in [2.75, 3.05) is 5.32 Å². The number of alkyl halides is 3. The minimum atomic E-state index is -4.69. The molecule has 1 aromatic heterocycles. The number of carboxylic acids is 1. The molecular weight excluding hydrogens is 383 g/mol. The van der Waals surface area contributed by atoms with E-state index in [2.05, 4.69) is 15.3 Å². The van der Waals surface area contributed by atoms with Crippen LogP contribution in [0.3, 0.4) is 0 Å². The molecule has 0 atom stereocenters. The molecule has 0 unspecified atom stereocenters. The molecule has 148 valence electrons. The van der Waals surface area contributed by atoms with Crippen molar-refractivity contribution in [2.45, 2.75) is 13.1 Å². The van der Waals surface area contributed by atoms with Gasteiger partial charge in [-0.05, 0) is 31.2 Å². The van der Waals surface area contributed by atoms with Crippen molar-refractivity contribution in [3.8, 4) is 11.4 Å². The average molecular weight is 399 g/mol. The summed E-state index contributed by atoms with van der Waals surface area (Å²) < 4.78 is 41.1. The van der Waals surface area contributed by atoms with Gasteiger partial charge in [-0.3, -0.25) is 0 Å².